The van der Waals surface area contributed by atoms with E-state index in [0.29, 0.717) is 0 Å². The highest BCUT2D eigenvalue weighted by atomic mass is 19.1. The van der Waals surface area contributed by atoms with Gasteiger partial charge in [-0.3, -0.25) is 4.79 Å². The topological polar surface area (TPSA) is 84.9 Å². The summed E-state index contributed by atoms with van der Waals surface area (Å²) < 4.78 is 23.0. The molecule has 0 aliphatic heterocycles. The van der Waals surface area contributed by atoms with E-state index in [-0.39, 0.29) is 24.3 Å². The fourth-order valence-corrected chi connectivity index (χ4v) is 1.58. The molecule has 6 nitrogen and oxygen atoms in total. The summed E-state index contributed by atoms with van der Waals surface area (Å²) in [6, 6.07) is 2.40. The lowest BCUT2D eigenvalue weighted by atomic mass is 10.1. The van der Waals surface area contributed by atoms with Crippen LogP contribution in [-0.4, -0.2) is 37.8 Å². The molecule has 0 bridgehead atoms. The summed E-state index contributed by atoms with van der Waals surface area (Å²) in [6.07, 6.45) is 0.0267. The molecule has 0 radical (unpaired) electrons. The Kier molecular flexibility index (Phi) is 5.92. The Morgan fingerprint density at radius 3 is 2.60 bits per heavy atom. The minimum Gasteiger partial charge on any atom is -0.494 e. The van der Waals surface area contributed by atoms with Crippen LogP contribution in [0.4, 0.5) is 4.39 Å². The summed E-state index contributed by atoms with van der Waals surface area (Å²) in [5, 5.41) is 11.4. The lowest BCUT2D eigenvalue weighted by molar-refractivity contribution is -0.142. The van der Waals surface area contributed by atoms with E-state index in [1.165, 1.54) is 26.4 Å². The van der Waals surface area contributed by atoms with Crippen LogP contribution in [0, 0.1) is 5.82 Å². The maximum atomic E-state index is 13.6. The van der Waals surface area contributed by atoms with Crippen LogP contribution < -0.4 is 10.1 Å². The van der Waals surface area contributed by atoms with Gasteiger partial charge in [0.2, 0.25) is 5.91 Å². The van der Waals surface area contributed by atoms with Crippen LogP contribution in [0.15, 0.2) is 18.2 Å². The van der Waals surface area contributed by atoms with Gasteiger partial charge in [-0.1, -0.05) is 6.07 Å². The van der Waals surface area contributed by atoms with Crippen molar-refractivity contribution in [1.82, 2.24) is 5.32 Å². The summed E-state index contributed by atoms with van der Waals surface area (Å²) >= 11 is 0. The molecule has 20 heavy (non-hydrogen) atoms. The normalized spacial score (nSPS) is 11.8. The van der Waals surface area contributed by atoms with Gasteiger partial charge in [-0.2, -0.15) is 0 Å². The van der Waals surface area contributed by atoms with Crippen molar-refractivity contribution in [2.75, 3.05) is 20.8 Å². The van der Waals surface area contributed by atoms with Crippen LogP contribution in [0.3, 0.4) is 0 Å². The number of methoxy groups -OCH3 is 2. The molecule has 1 unspecified atom stereocenters. The Morgan fingerprint density at radius 2 is 2.10 bits per heavy atom. The number of ether oxygens (including phenoxy) is 2. The molecule has 0 saturated heterocycles. The second-order valence-corrected chi connectivity index (χ2v) is 3.98. The molecule has 1 rings (SSSR count). The monoisotopic (exact) mass is 285 g/mol. The minimum atomic E-state index is -1.32. The van der Waals surface area contributed by atoms with Crippen LogP contribution in [0.25, 0.3) is 0 Å². The van der Waals surface area contributed by atoms with E-state index in [9.17, 15) is 14.0 Å². The molecular formula is C13H16FNO5. The number of rotatable bonds is 7. The molecule has 0 spiro atoms. The number of carbonyl (C=O) groups excluding carboxylic acids is 1. The first kappa shape index (κ1) is 15.9. The fourth-order valence-electron chi connectivity index (χ4n) is 1.58. The maximum Gasteiger partial charge on any atom is 0.330 e. The first-order valence-corrected chi connectivity index (χ1v) is 5.84. The molecule has 0 heterocycles. The highest BCUT2D eigenvalue weighted by molar-refractivity contribution is 5.84. The first-order chi connectivity index (χ1) is 9.49. The van der Waals surface area contributed by atoms with Gasteiger partial charge < -0.3 is 19.9 Å². The summed E-state index contributed by atoms with van der Waals surface area (Å²) in [4.78, 5) is 22.7. The van der Waals surface area contributed by atoms with Crippen molar-refractivity contribution in [2.45, 2.75) is 12.5 Å². The smallest absolute Gasteiger partial charge is 0.330 e. The molecule has 0 saturated carbocycles. The predicted molar refractivity (Wildman–Crippen MR) is 68.0 cm³/mol. The highest BCUT2D eigenvalue weighted by Crippen LogP contribution is 2.22. The molecule has 2 N–H and O–H groups in total. The lowest BCUT2D eigenvalue weighted by Crippen LogP contribution is -2.34. The molecule has 0 fully saturated rings. The van der Waals surface area contributed by atoms with Gasteiger partial charge >= 0.3 is 5.97 Å². The van der Waals surface area contributed by atoms with E-state index in [2.05, 4.69) is 5.32 Å². The lowest BCUT2D eigenvalue weighted by Gasteiger charge is -2.15. The van der Waals surface area contributed by atoms with E-state index in [4.69, 9.17) is 14.6 Å². The van der Waals surface area contributed by atoms with Crippen LogP contribution in [0.1, 0.15) is 18.0 Å². The van der Waals surface area contributed by atoms with Crippen molar-refractivity contribution in [3.63, 3.8) is 0 Å². The average molecular weight is 285 g/mol. The average Bonchev–Trinajstić information content (AvgIpc) is 2.42. The Labute approximate surface area is 115 Å². The van der Waals surface area contributed by atoms with Crippen molar-refractivity contribution in [3.8, 4) is 5.75 Å². The van der Waals surface area contributed by atoms with Gasteiger partial charge in [0.15, 0.2) is 17.6 Å². The Morgan fingerprint density at radius 1 is 1.40 bits per heavy atom. The Bertz CT molecular complexity index is 492. The second-order valence-electron chi connectivity index (χ2n) is 3.98. The molecule has 1 atom stereocenters. The van der Waals surface area contributed by atoms with Crippen molar-refractivity contribution in [2.24, 2.45) is 0 Å². The maximum absolute atomic E-state index is 13.6. The predicted octanol–water partition coefficient (Wildman–Crippen LogP) is 1.11. The molecule has 0 aromatic heterocycles. The zero-order chi connectivity index (χ0) is 15.1. The summed E-state index contributed by atoms with van der Waals surface area (Å²) in [6.45, 7) is 0.176. The van der Waals surface area contributed by atoms with Crippen molar-refractivity contribution in [3.05, 3.63) is 29.6 Å². The van der Waals surface area contributed by atoms with E-state index in [0.717, 1.165) is 6.07 Å². The number of halogens is 1. The number of benzene rings is 1. The number of carbonyl (C=O) groups is 2. The van der Waals surface area contributed by atoms with Crippen LogP contribution >= 0.6 is 0 Å². The number of hydrogen-bond acceptors (Lipinski definition) is 4. The molecular weight excluding hydrogens is 269 g/mol. The second kappa shape index (κ2) is 7.44. The molecule has 1 amide bonds. The van der Waals surface area contributed by atoms with Gasteiger partial charge in [0.1, 0.15) is 0 Å². The number of carboxylic acid groups (broad SMARTS) is 1. The molecule has 0 aliphatic rings. The molecule has 110 valence electrons. The number of amides is 1. The molecule has 7 heteroatoms. The zero-order valence-corrected chi connectivity index (χ0v) is 11.2. The highest BCUT2D eigenvalue weighted by Gasteiger charge is 2.23. The quantitative estimate of drug-likeness (QED) is 0.784. The molecule has 0 aliphatic carbocycles. The Balaban J connectivity index is 2.88. The zero-order valence-electron chi connectivity index (χ0n) is 11.2. The number of hydrogen-bond donors (Lipinski definition) is 2. The third-order valence-corrected chi connectivity index (χ3v) is 2.59. The van der Waals surface area contributed by atoms with Gasteiger partial charge in [-0.05, 0) is 17.7 Å². The summed E-state index contributed by atoms with van der Waals surface area (Å²) in [5.41, 5.74) is 0.126. The van der Waals surface area contributed by atoms with Gasteiger partial charge in [0.05, 0.1) is 13.7 Å². The van der Waals surface area contributed by atoms with Gasteiger partial charge in [-0.15, -0.1) is 0 Å². The number of aliphatic carboxylic acids is 1. The third kappa shape index (κ3) is 4.20. The van der Waals surface area contributed by atoms with Crippen LogP contribution in [0.2, 0.25) is 0 Å². The van der Waals surface area contributed by atoms with Crippen LogP contribution in [0.5, 0.6) is 5.75 Å². The van der Waals surface area contributed by atoms with Crippen molar-refractivity contribution in [1.29, 1.82) is 0 Å². The standard InChI is InChI=1S/C13H16FNO5/c1-19-6-5-11(16)15-12(13(17)18)8-3-4-10(20-2)9(14)7-8/h3-4,7,12H,5-6H2,1-2H3,(H,15,16)(H,17,18). The third-order valence-electron chi connectivity index (χ3n) is 2.59. The van der Waals surface area contributed by atoms with Gasteiger partial charge in [0, 0.05) is 13.5 Å². The molecule has 1 aromatic rings. The summed E-state index contributed by atoms with van der Waals surface area (Å²) in [5.74, 6) is -2.46. The van der Waals surface area contributed by atoms with Gasteiger partial charge in [-0.25, -0.2) is 9.18 Å². The summed E-state index contributed by atoms with van der Waals surface area (Å²) in [7, 11) is 2.74. The van der Waals surface area contributed by atoms with Crippen molar-refractivity contribution < 1.29 is 28.6 Å². The van der Waals surface area contributed by atoms with Gasteiger partial charge in [0.25, 0.3) is 0 Å². The van der Waals surface area contributed by atoms with Crippen LogP contribution in [-0.2, 0) is 14.3 Å². The Hall–Kier alpha value is -2.15. The fraction of sp³-hybridized carbons (Fsp3) is 0.385. The largest absolute Gasteiger partial charge is 0.494 e. The van der Waals surface area contributed by atoms with Crippen molar-refractivity contribution >= 4 is 11.9 Å². The SMILES string of the molecule is COCCC(=O)NC(C(=O)O)c1ccc(OC)c(F)c1. The molecule has 1 aromatic carbocycles. The number of carboxylic acids is 1. The van der Waals surface area contributed by atoms with E-state index in [1.54, 1.807) is 0 Å². The van der Waals surface area contributed by atoms with E-state index < -0.39 is 23.7 Å². The van der Waals surface area contributed by atoms with E-state index >= 15 is 0 Å². The number of nitrogens with one attached hydrogen (secondary N) is 1. The first-order valence-electron chi connectivity index (χ1n) is 5.84. The van der Waals surface area contributed by atoms with E-state index in [1.807, 2.05) is 0 Å². The minimum absolute atomic E-state index is 0.00333.